The van der Waals surface area contributed by atoms with Gasteiger partial charge in [0.05, 0.1) is 0 Å². The van der Waals surface area contributed by atoms with Crippen molar-refractivity contribution in [3.8, 4) is 0 Å². The van der Waals surface area contributed by atoms with E-state index in [2.05, 4.69) is 56.0 Å². The summed E-state index contributed by atoms with van der Waals surface area (Å²) in [6.07, 6.45) is -0.455. The first-order chi connectivity index (χ1) is 8.03. The van der Waals surface area contributed by atoms with Crippen molar-refractivity contribution in [2.24, 2.45) is 4.85 Å². The van der Waals surface area contributed by atoms with Gasteiger partial charge in [0.25, 0.3) is 0 Å². The summed E-state index contributed by atoms with van der Waals surface area (Å²) in [5, 5.41) is 9.19. The van der Waals surface area contributed by atoms with E-state index in [-0.39, 0.29) is 5.04 Å². The quantitative estimate of drug-likeness (QED) is 0.448. The van der Waals surface area contributed by atoms with Crippen molar-refractivity contribution >= 4 is 33.2 Å². The van der Waals surface area contributed by atoms with Gasteiger partial charge in [-0.05, 0) is 0 Å². The molecule has 0 aromatic carbocycles. The van der Waals surface area contributed by atoms with Crippen LogP contribution in [0.15, 0.2) is 4.85 Å². The molecule has 0 aliphatic carbocycles. The number of hydrogen-bond acceptors (Lipinski definition) is 4. The molecule has 5 nitrogen and oxygen atoms in total. The summed E-state index contributed by atoms with van der Waals surface area (Å²) in [7, 11) is -1.65. The molecule has 0 fully saturated rings. The standard InChI is InChI=1S/C10H21N2O3PSSi/c1-7(8(9(13)14)11-12-16-17)15-18(5,6)10(2,3)4/h7-8,11H,1-6H3/p+1. The van der Waals surface area contributed by atoms with Gasteiger partial charge in [0.1, 0.15) is 0 Å². The molecule has 0 heterocycles. The summed E-state index contributed by atoms with van der Waals surface area (Å²) in [6, 6.07) is -0.866. The predicted octanol–water partition coefficient (Wildman–Crippen LogP) is 2.95. The number of nitrogens with zero attached hydrogens (tertiary/aromatic N) is 1. The zero-order valence-corrected chi connectivity index (χ0v) is 14.4. The van der Waals surface area contributed by atoms with E-state index in [9.17, 15) is 4.79 Å². The number of hydrogen-bond donors (Lipinski definition) is 2. The average molecular weight is 309 g/mol. The Morgan fingerprint density at radius 1 is 1.50 bits per heavy atom. The molecule has 2 N–H and O–H groups in total. The minimum atomic E-state index is -1.99. The van der Waals surface area contributed by atoms with Crippen molar-refractivity contribution in [3.63, 3.8) is 0 Å². The Balaban J connectivity index is 4.85. The summed E-state index contributed by atoms with van der Waals surface area (Å²) in [4.78, 5) is 14.9. The zero-order chi connectivity index (χ0) is 14.6. The number of nitrogens with one attached hydrogen (secondary N) is 1. The first-order valence-corrected chi connectivity index (χ1v) is 10.5. The van der Waals surface area contributed by atoms with E-state index in [1.54, 1.807) is 6.92 Å². The molecule has 0 aliphatic heterocycles. The van der Waals surface area contributed by atoms with Crippen molar-refractivity contribution < 1.29 is 14.3 Å². The fourth-order valence-electron chi connectivity index (χ4n) is 1.16. The molecule has 2 unspecified atom stereocenters. The molecule has 104 valence electrons. The third kappa shape index (κ3) is 5.36. The number of rotatable bonds is 6. The molecule has 0 radical (unpaired) electrons. The average Bonchev–Trinajstić information content (AvgIpc) is 2.14. The van der Waals surface area contributed by atoms with E-state index in [0.717, 1.165) is 0 Å². The van der Waals surface area contributed by atoms with Crippen LogP contribution in [0.2, 0.25) is 18.1 Å². The molecule has 8 heteroatoms. The van der Waals surface area contributed by atoms with E-state index < -0.39 is 26.4 Å². The van der Waals surface area contributed by atoms with E-state index in [4.69, 9.17) is 9.53 Å². The second kappa shape index (κ2) is 7.00. The van der Waals surface area contributed by atoms with Crippen LogP contribution in [0.25, 0.3) is 0 Å². The summed E-state index contributed by atoms with van der Waals surface area (Å²) in [5.41, 5.74) is 2.55. The molecule has 0 aliphatic rings. The Bertz CT molecular complexity index is 354. The van der Waals surface area contributed by atoms with Crippen LogP contribution in [0.3, 0.4) is 0 Å². The van der Waals surface area contributed by atoms with Crippen LogP contribution in [0.1, 0.15) is 27.7 Å². The Labute approximate surface area is 116 Å². The van der Waals surface area contributed by atoms with Crippen molar-refractivity contribution in [1.29, 1.82) is 0 Å². The maximum absolute atomic E-state index is 11.2. The van der Waals surface area contributed by atoms with Crippen molar-refractivity contribution in [2.75, 3.05) is 0 Å². The molecule has 0 aromatic rings. The number of carbonyl (C=O) groups is 1. The molecule has 0 saturated heterocycles. The van der Waals surface area contributed by atoms with Crippen LogP contribution in [-0.4, -0.2) is 31.5 Å². The molecule has 0 saturated carbocycles. The zero-order valence-electron chi connectivity index (χ0n) is 11.7. The molecule has 0 aromatic heterocycles. The number of carboxylic acid groups (broad SMARTS) is 1. The molecule has 0 spiro atoms. The fraction of sp³-hybridized carbons (Fsp3) is 0.900. The topological polar surface area (TPSA) is 70.9 Å². The van der Waals surface area contributed by atoms with Crippen LogP contribution < -0.4 is 5.43 Å². The van der Waals surface area contributed by atoms with Gasteiger partial charge < -0.3 is 0 Å². The van der Waals surface area contributed by atoms with E-state index in [1.165, 1.54) is 0 Å². The predicted molar refractivity (Wildman–Crippen MR) is 79.0 cm³/mol. The van der Waals surface area contributed by atoms with Gasteiger partial charge >= 0.3 is 116 Å². The Hall–Kier alpha value is 0.0569. The normalized spacial score (nSPS) is 15.9. The first-order valence-electron chi connectivity index (χ1n) is 5.71. The number of aliphatic carboxylic acids is 1. The Morgan fingerprint density at radius 2 is 2.00 bits per heavy atom. The van der Waals surface area contributed by atoms with Crippen molar-refractivity contribution in [2.45, 2.75) is 58.0 Å². The first kappa shape index (κ1) is 18.1. The van der Waals surface area contributed by atoms with Gasteiger partial charge in [0.15, 0.2) is 0 Å². The molecule has 0 bridgehead atoms. The molecule has 2 atom stereocenters. The van der Waals surface area contributed by atoms with Crippen molar-refractivity contribution in [3.05, 3.63) is 0 Å². The van der Waals surface area contributed by atoms with Gasteiger partial charge in [-0.25, -0.2) is 0 Å². The van der Waals surface area contributed by atoms with Crippen LogP contribution in [-0.2, 0) is 21.0 Å². The second-order valence-electron chi connectivity index (χ2n) is 5.71. The van der Waals surface area contributed by atoms with Crippen LogP contribution >= 0.6 is 7.15 Å². The number of carboxylic acids is 1. The van der Waals surface area contributed by atoms with Gasteiger partial charge in [-0.1, -0.05) is 0 Å². The van der Waals surface area contributed by atoms with Gasteiger partial charge in [0.2, 0.25) is 0 Å². The van der Waals surface area contributed by atoms with Gasteiger partial charge in [-0.2, -0.15) is 0 Å². The Kier molecular flexibility index (Phi) is 7.03. The van der Waals surface area contributed by atoms with Crippen LogP contribution in [0.4, 0.5) is 0 Å². The minimum absolute atomic E-state index is 0.0394. The van der Waals surface area contributed by atoms with Crippen LogP contribution in [0.5, 0.6) is 0 Å². The molecular formula is C10H22N2O3PSSi+. The van der Waals surface area contributed by atoms with Gasteiger partial charge in [-0.15, -0.1) is 0 Å². The van der Waals surface area contributed by atoms with Gasteiger partial charge in [0, 0.05) is 0 Å². The summed E-state index contributed by atoms with van der Waals surface area (Å²) in [6.45, 7) is 12.3. The molecular weight excluding hydrogens is 287 g/mol. The molecule has 18 heavy (non-hydrogen) atoms. The maximum atomic E-state index is 11.2. The third-order valence-electron chi connectivity index (χ3n) is 3.26. The third-order valence-corrected chi connectivity index (χ3v) is 8.28. The summed E-state index contributed by atoms with van der Waals surface area (Å²) in [5.74, 6) is -0.983. The van der Waals surface area contributed by atoms with E-state index >= 15 is 0 Å². The fourth-order valence-corrected chi connectivity index (χ4v) is 2.89. The van der Waals surface area contributed by atoms with Crippen LogP contribution in [0, 0.1) is 0 Å². The molecule has 0 rings (SSSR count). The SMILES string of the molecule is CC(O[Si](C)(C)C(C)(C)C)C(NN=[P+]=S)C(=O)O. The van der Waals surface area contributed by atoms with E-state index in [1.807, 2.05) is 0 Å². The van der Waals surface area contributed by atoms with Gasteiger partial charge in [-0.3, -0.25) is 0 Å². The summed E-state index contributed by atoms with van der Waals surface area (Å²) >= 11 is 4.63. The summed E-state index contributed by atoms with van der Waals surface area (Å²) < 4.78 is 6.02. The second-order valence-corrected chi connectivity index (χ2v) is 11.3. The van der Waals surface area contributed by atoms with E-state index in [0.29, 0.717) is 7.15 Å². The molecule has 0 amide bonds. The Morgan fingerprint density at radius 3 is 2.33 bits per heavy atom. The van der Waals surface area contributed by atoms with Crippen molar-refractivity contribution in [1.82, 2.24) is 5.43 Å². The monoisotopic (exact) mass is 309 g/mol.